The lowest BCUT2D eigenvalue weighted by Gasteiger charge is -2.19. The summed E-state index contributed by atoms with van der Waals surface area (Å²) < 4.78 is 0.642. The van der Waals surface area contributed by atoms with E-state index in [0.29, 0.717) is 27.6 Å². The molecule has 4 rings (SSSR count). The molecule has 24 heavy (non-hydrogen) atoms. The van der Waals surface area contributed by atoms with Gasteiger partial charge in [-0.15, -0.1) is 11.3 Å². The van der Waals surface area contributed by atoms with E-state index in [9.17, 15) is 4.79 Å². The average molecular weight is 358 g/mol. The summed E-state index contributed by atoms with van der Waals surface area (Å²) in [6.45, 7) is 0.426. The van der Waals surface area contributed by atoms with Gasteiger partial charge in [-0.05, 0) is 29.6 Å². The first-order valence-corrected chi connectivity index (χ1v) is 8.45. The fourth-order valence-electron chi connectivity index (χ4n) is 2.62. The van der Waals surface area contributed by atoms with E-state index in [-0.39, 0.29) is 5.56 Å². The van der Waals surface area contributed by atoms with Gasteiger partial charge in [0.05, 0.1) is 17.6 Å². The van der Waals surface area contributed by atoms with E-state index in [0.717, 1.165) is 16.7 Å². The van der Waals surface area contributed by atoms with E-state index < -0.39 is 0 Å². The molecule has 120 valence electrons. The van der Waals surface area contributed by atoms with Crippen LogP contribution < -0.4 is 10.5 Å². The summed E-state index contributed by atoms with van der Waals surface area (Å²) in [5.74, 6) is 1.35. The van der Waals surface area contributed by atoms with Gasteiger partial charge in [0, 0.05) is 17.5 Å². The van der Waals surface area contributed by atoms with E-state index in [4.69, 9.17) is 11.6 Å². The third kappa shape index (κ3) is 2.61. The summed E-state index contributed by atoms with van der Waals surface area (Å²) >= 11 is 7.41. The zero-order valence-corrected chi connectivity index (χ0v) is 14.2. The smallest absolute Gasteiger partial charge is 0.268 e. The molecule has 3 aromatic heterocycles. The van der Waals surface area contributed by atoms with Crippen LogP contribution in [0.4, 0.5) is 5.82 Å². The molecule has 0 spiro atoms. The minimum absolute atomic E-state index is 0.113. The Morgan fingerprint density at radius 2 is 2.12 bits per heavy atom. The summed E-state index contributed by atoms with van der Waals surface area (Å²) in [5, 5.41) is 3.38. The van der Waals surface area contributed by atoms with Crippen LogP contribution in [0, 0.1) is 0 Å². The van der Waals surface area contributed by atoms with Gasteiger partial charge in [-0.1, -0.05) is 11.6 Å². The van der Waals surface area contributed by atoms with Crippen LogP contribution in [0.5, 0.6) is 0 Å². The Kier molecular flexibility index (Phi) is 3.66. The molecule has 4 aromatic rings. The summed E-state index contributed by atoms with van der Waals surface area (Å²) in [7, 11) is 1.90. The summed E-state index contributed by atoms with van der Waals surface area (Å²) in [5.41, 5.74) is 1.37. The molecule has 3 heterocycles. The molecule has 0 bridgehead atoms. The fraction of sp³-hybridized carbons (Fsp3) is 0.125. The number of anilines is 1. The monoisotopic (exact) mass is 357 g/mol. The van der Waals surface area contributed by atoms with Crippen molar-refractivity contribution in [1.29, 1.82) is 0 Å². The Hall–Kier alpha value is -2.51. The molecule has 0 aliphatic rings. The summed E-state index contributed by atoms with van der Waals surface area (Å²) in [6, 6.07) is 7.35. The highest BCUT2D eigenvalue weighted by Crippen LogP contribution is 2.25. The predicted octanol–water partition coefficient (Wildman–Crippen LogP) is 3.22. The maximum absolute atomic E-state index is 12.1. The molecule has 0 aliphatic carbocycles. The van der Waals surface area contributed by atoms with Crippen LogP contribution in [0.15, 0.2) is 40.8 Å². The van der Waals surface area contributed by atoms with E-state index in [1.807, 2.05) is 35.5 Å². The molecule has 0 saturated carbocycles. The molecule has 0 radical (unpaired) electrons. The van der Waals surface area contributed by atoms with Crippen LogP contribution in [0.25, 0.3) is 21.1 Å². The molecule has 0 amide bonds. The number of rotatable bonds is 3. The number of aromatic amines is 1. The molecule has 0 fully saturated rings. The first-order valence-electron chi connectivity index (χ1n) is 7.19. The molecule has 6 nitrogen and oxygen atoms in total. The average Bonchev–Trinajstić information content (AvgIpc) is 3.03. The number of H-pyrrole nitrogens is 1. The second-order valence-corrected chi connectivity index (χ2v) is 6.71. The third-order valence-corrected chi connectivity index (χ3v) is 4.83. The van der Waals surface area contributed by atoms with Gasteiger partial charge in [-0.25, -0.2) is 15.0 Å². The summed E-state index contributed by atoms with van der Waals surface area (Å²) in [6.07, 6.45) is 1.50. The number of halogens is 1. The fourth-order valence-corrected chi connectivity index (χ4v) is 3.51. The Labute approximate surface area is 145 Å². The van der Waals surface area contributed by atoms with Crippen LogP contribution in [0.2, 0.25) is 5.02 Å². The van der Waals surface area contributed by atoms with Crippen LogP contribution in [0.3, 0.4) is 0 Å². The normalized spacial score (nSPS) is 11.2. The molecular weight excluding hydrogens is 346 g/mol. The van der Waals surface area contributed by atoms with E-state index in [2.05, 4.69) is 19.9 Å². The SMILES string of the molecule is CN(Cc1nc2ccsc2c(=O)[nH]1)c1ncnc2cc(Cl)ccc12. The highest BCUT2D eigenvalue weighted by molar-refractivity contribution is 7.17. The quantitative estimate of drug-likeness (QED) is 0.609. The molecule has 0 aliphatic heterocycles. The van der Waals surface area contributed by atoms with Gasteiger partial charge in [0.2, 0.25) is 0 Å². The van der Waals surface area contributed by atoms with E-state index in [1.54, 1.807) is 6.07 Å². The highest BCUT2D eigenvalue weighted by atomic mass is 35.5. The van der Waals surface area contributed by atoms with Gasteiger partial charge in [-0.2, -0.15) is 0 Å². The van der Waals surface area contributed by atoms with Gasteiger partial charge in [0.25, 0.3) is 5.56 Å². The topological polar surface area (TPSA) is 74.8 Å². The lowest BCUT2D eigenvalue weighted by Crippen LogP contribution is -2.22. The van der Waals surface area contributed by atoms with Crippen molar-refractivity contribution in [3.05, 3.63) is 57.2 Å². The minimum Gasteiger partial charge on any atom is -0.352 e. The van der Waals surface area contributed by atoms with Gasteiger partial charge < -0.3 is 9.88 Å². The van der Waals surface area contributed by atoms with Crippen LogP contribution in [-0.2, 0) is 6.54 Å². The molecule has 1 aromatic carbocycles. The summed E-state index contributed by atoms with van der Waals surface area (Å²) in [4.78, 5) is 30.0. The van der Waals surface area contributed by atoms with Crippen molar-refractivity contribution in [3.63, 3.8) is 0 Å². The van der Waals surface area contributed by atoms with Crippen LogP contribution in [-0.4, -0.2) is 27.0 Å². The van der Waals surface area contributed by atoms with E-state index in [1.165, 1.54) is 17.7 Å². The Morgan fingerprint density at radius 3 is 3.00 bits per heavy atom. The number of nitrogens with one attached hydrogen (secondary N) is 1. The lowest BCUT2D eigenvalue weighted by atomic mass is 10.2. The Balaban J connectivity index is 1.73. The van der Waals surface area contributed by atoms with Crippen LogP contribution in [0.1, 0.15) is 5.82 Å². The third-order valence-electron chi connectivity index (χ3n) is 3.69. The number of hydrogen-bond donors (Lipinski definition) is 1. The van der Waals surface area contributed by atoms with E-state index >= 15 is 0 Å². The number of fused-ring (bicyclic) bond motifs is 2. The zero-order chi connectivity index (χ0) is 16.7. The molecule has 1 N–H and O–H groups in total. The predicted molar refractivity (Wildman–Crippen MR) is 96.9 cm³/mol. The number of hydrogen-bond acceptors (Lipinski definition) is 6. The van der Waals surface area contributed by atoms with Gasteiger partial charge in [0.15, 0.2) is 0 Å². The largest absolute Gasteiger partial charge is 0.352 e. The van der Waals surface area contributed by atoms with Crippen molar-refractivity contribution in [3.8, 4) is 0 Å². The molecule has 0 unspecified atom stereocenters. The van der Waals surface area contributed by atoms with Gasteiger partial charge in [-0.3, -0.25) is 4.79 Å². The second kappa shape index (κ2) is 5.85. The Bertz CT molecular complexity index is 1110. The van der Waals surface area contributed by atoms with Crippen LogP contribution >= 0.6 is 22.9 Å². The number of nitrogens with zero attached hydrogens (tertiary/aromatic N) is 4. The van der Waals surface area contributed by atoms with Crippen molar-refractivity contribution in [2.45, 2.75) is 6.54 Å². The molecular formula is C16H12ClN5OS. The van der Waals surface area contributed by atoms with Crippen molar-refractivity contribution in [2.24, 2.45) is 0 Å². The van der Waals surface area contributed by atoms with Gasteiger partial charge in [0.1, 0.15) is 22.7 Å². The van der Waals surface area contributed by atoms with Crippen molar-refractivity contribution >= 4 is 49.9 Å². The number of thiophene rings is 1. The number of benzene rings is 1. The van der Waals surface area contributed by atoms with Crippen molar-refractivity contribution < 1.29 is 0 Å². The highest BCUT2D eigenvalue weighted by Gasteiger charge is 2.12. The zero-order valence-electron chi connectivity index (χ0n) is 12.7. The maximum atomic E-state index is 12.1. The number of aromatic nitrogens is 4. The maximum Gasteiger partial charge on any atom is 0.268 e. The first kappa shape index (κ1) is 15.0. The molecule has 8 heteroatoms. The van der Waals surface area contributed by atoms with Crippen molar-refractivity contribution in [2.75, 3.05) is 11.9 Å². The van der Waals surface area contributed by atoms with Crippen molar-refractivity contribution in [1.82, 2.24) is 19.9 Å². The van der Waals surface area contributed by atoms with Gasteiger partial charge >= 0.3 is 0 Å². The molecule has 0 atom stereocenters. The Morgan fingerprint density at radius 1 is 1.25 bits per heavy atom. The standard InChI is InChI=1S/C16H12ClN5OS/c1-22(7-13-20-11-4-5-24-14(11)16(23)21-13)15-10-3-2-9(17)6-12(10)18-8-19-15/h2-6,8H,7H2,1H3,(H,20,21,23). The first-order chi connectivity index (χ1) is 11.6. The lowest BCUT2D eigenvalue weighted by molar-refractivity contribution is 0.829. The molecule has 0 saturated heterocycles. The second-order valence-electron chi connectivity index (χ2n) is 5.36. The minimum atomic E-state index is -0.113.